The lowest BCUT2D eigenvalue weighted by atomic mass is 10.2. The van der Waals surface area contributed by atoms with E-state index in [1.807, 2.05) is 37.5 Å². The number of benzene rings is 1. The molecule has 1 aliphatic rings. The lowest BCUT2D eigenvalue weighted by Crippen LogP contribution is -2.53. The number of imidazole rings is 1. The van der Waals surface area contributed by atoms with Gasteiger partial charge < -0.3 is 24.4 Å². The summed E-state index contributed by atoms with van der Waals surface area (Å²) in [6.07, 6.45) is 3.57. The van der Waals surface area contributed by atoms with Crippen LogP contribution in [0, 0.1) is 0 Å². The van der Waals surface area contributed by atoms with Crippen LogP contribution >= 0.6 is 0 Å². The van der Waals surface area contributed by atoms with Crippen LogP contribution in [-0.2, 0) is 17.8 Å². The molecule has 28 heavy (non-hydrogen) atoms. The normalized spacial score (nSPS) is 14.9. The number of piperazine rings is 1. The zero-order valence-electron chi connectivity index (χ0n) is 16.5. The highest BCUT2D eigenvalue weighted by molar-refractivity contribution is 5.80. The third kappa shape index (κ3) is 5.03. The molecule has 2 heterocycles. The van der Waals surface area contributed by atoms with Gasteiger partial charge in [0, 0.05) is 52.2 Å². The Morgan fingerprint density at radius 2 is 1.89 bits per heavy atom. The number of nitrogens with zero attached hydrogens (tertiary/aromatic N) is 5. The second-order valence-electron chi connectivity index (χ2n) is 6.53. The average molecular weight is 384 g/mol. The fourth-order valence-corrected chi connectivity index (χ4v) is 3.24. The van der Waals surface area contributed by atoms with E-state index in [9.17, 15) is 4.79 Å². The molecule has 1 N–H and O–H groups in total. The highest BCUT2D eigenvalue weighted by atomic mass is 16.6. The summed E-state index contributed by atoms with van der Waals surface area (Å²) in [4.78, 5) is 24.6. The van der Waals surface area contributed by atoms with Crippen molar-refractivity contribution in [3.8, 4) is 0 Å². The lowest BCUT2D eigenvalue weighted by Gasteiger charge is -2.35. The smallest absolute Gasteiger partial charge is 0.409 e. The molecule has 0 unspecified atom stereocenters. The van der Waals surface area contributed by atoms with Crippen molar-refractivity contribution in [2.24, 2.45) is 4.99 Å². The highest BCUT2D eigenvalue weighted by Crippen LogP contribution is 2.07. The van der Waals surface area contributed by atoms with Crippen molar-refractivity contribution in [2.45, 2.75) is 20.0 Å². The molecule has 0 saturated carbocycles. The molecular weight excluding hydrogens is 356 g/mol. The zero-order chi connectivity index (χ0) is 19.8. The predicted molar refractivity (Wildman–Crippen MR) is 108 cm³/mol. The highest BCUT2D eigenvalue weighted by Gasteiger charge is 2.23. The maximum absolute atomic E-state index is 11.8. The number of rotatable bonds is 5. The molecule has 1 aromatic carbocycles. The summed E-state index contributed by atoms with van der Waals surface area (Å²) in [5.41, 5.74) is 1.24. The van der Waals surface area contributed by atoms with Gasteiger partial charge in [0.05, 0.1) is 13.2 Å². The molecule has 1 saturated heterocycles. The second-order valence-corrected chi connectivity index (χ2v) is 6.53. The topological polar surface area (TPSA) is 75.0 Å². The molecule has 2 aromatic rings. The van der Waals surface area contributed by atoms with Gasteiger partial charge in [0.1, 0.15) is 5.82 Å². The first-order valence-electron chi connectivity index (χ1n) is 9.62. The van der Waals surface area contributed by atoms with Crippen LogP contribution in [-0.4, -0.2) is 71.2 Å². The van der Waals surface area contributed by atoms with Crippen molar-refractivity contribution in [3.05, 3.63) is 54.1 Å². The summed E-state index contributed by atoms with van der Waals surface area (Å²) >= 11 is 0. The summed E-state index contributed by atoms with van der Waals surface area (Å²) in [7, 11) is 1.77. The maximum atomic E-state index is 11.8. The molecule has 8 nitrogen and oxygen atoms in total. The molecule has 0 atom stereocenters. The Bertz CT molecular complexity index is 781. The van der Waals surface area contributed by atoms with E-state index in [0.717, 1.165) is 31.4 Å². The van der Waals surface area contributed by atoms with Gasteiger partial charge in [-0.25, -0.2) is 9.78 Å². The van der Waals surface area contributed by atoms with Crippen LogP contribution < -0.4 is 5.32 Å². The number of aliphatic imine (C=N–C) groups is 1. The molecule has 150 valence electrons. The van der Waals surface area contributed by atoms with E-state index in [-0.39, 0.29) is 6.09 Å². The summed E-state index contributed by atoms with van der Waals surface area (Å²) in [6.45, 7) is 6.29. The Kier molecular flexibility index (Phi) is 6.89. The lowest BCUT2D eigenvalue weighted by molar-refractivity contribution is 0.0914. The quantitative estimate of drug-likeness (QED) is 0.628. The Labute approximate surface area is 165 Å². The predicted octanol–water partition coefficient (Wildman–Crippen LogP) is 1.78. The van der Waals surface area contributed by atoms with Gasteiger partial charge in [0.15, 0.2) is 5.96 Å². The van der Waals surface area contributed by atoms with Crippen LogP contribution in [0.15, 0.2) is 47.7 Å². The molecule has 8 heteroatoms. The molecule has 0 radical (unpaired) electrons. The Morgan fingerprint density at radius 1 is 1.18 bits per heavy atom. The Balaban J connectivity index is 1.53. The molecule has 0 aliphatic carbocycles. The third-order valence-corrected chi connectivity index (χ3v) is 4.72. The van der Waals surface area contributed by atoms with E-state index in [1.54, 1.807) is 11.9 Å². The van der Waals surface area contributed by atoms with Crippen molar-refractivity contribution in [1.29, 1.82) is 0 Å². The van der Waals surface area contributed by atoms with Crippen LogP contribution in [0.25, 0.3) is 0 Å². The molecule has 3 rings (SSSR count). The Morgan fingerprint density at radius 3 is 2.57 bits per heavy atom. The fourth-order valence-electron chi connectivity index (χ4n) is 3.24. The first kappa shape index (κ1) is 19.7. The minimum absolute atomic E-state index is 0.243. The van der Waals surface area contributed by atoms with Gasteiger partial charge >= 0.3 is 6.09 Å². The minimum atomic E-state index is -0.243. The fraction of sp³-hybridized carbons (Fsp3) is 0.450. The van der Waals surface area contributed by atoms with Gasteiger partial charge in [-0.15, -0.1) is 0 Å². The Hall–Kier alpha value is -3.03. The van der Waals surface area contributed by atoms with E-state index >= 15 is 0 Å². The van der Waals surface area contributed by atoms with Crippen molar-refractivity contribution in [3.63, 3.8) is 0 Å². The van der Waals surface area contributed by atoms with Gasteiger partial charge in [0.25, 0.3) is 0 Å². The van der Waals surface area contributed by atoms with Gasteiger partial charge in [-0.3, -0.25) is 4.99 Å². The number of amides is 1. The van der Waals surface area contributed by atoms with Crippen molar-refractivity contribution in [2.75, 3.05) is 39.8 Å². The number of guanidine groups is 1. The third-order valence-electron chi connectivity index (χ3n) is 4.72. The second kappa shape index (κ2) is 9.77. The van der Waals surface area contributed by atoms with Gasteiger partial charge in [-0.2, -0.15) is 0 Å². The summed E-state index contributed by atoms with van der Waals surface area (Å²) in [5.74, 6) is 1.77. The number of carbonyl (C=O) groups excluding carboxylic acids is 1. The number of hydrogen-bond acceptors (Lipinski definition) is 4. The SMILES string of the molecule is CCOC(=O)N1CCN(C(=NC)NCc2nccn2Cc2ccccc2)CC1. The van der Waals surface area contributed by atoms with E-state index in [1.165, 1.54) is 5.56 Å². The van der Waals surface area contributed by atoms with E-state index in [2.05, 4.69) is 36.9 Å². The van der Waals surface area contributed by atoms with Crippen LogP contribution in [0.4, 0.5) is 4.79 Å². The molecule has 1 amide bonds. The van der Waals surface area contributed by atoms with Crippen LogP contribution in [0.2, 0.25) is 0 Å². The van der Waals surface area contributed by atoms with Gasteiger partial charge in [-0.1, -0.05) is 30.3 Å². The first-order valence-corrected chi connectivity index (χ1v) is 9.62. The van der Waals surface area contributed by atoms with Crippen molar-refractivity contribution in [1.82, 2.24) is 24.7 Å². The van der Waals surface area contributed by atoms with Gasteiger partial charge in [0.2, 0.25) is 0 Å². The first-order chi connectivity index (χ1) is 13.7. The average Bonchev–Trinajstić information content (AvgIpc) is 3.17. The molecule has 1 aromatic heterocycles. The van der Waals surface area contributed by atoms with E-state index in [0.29, 0.717) is 26.2 Å². The van der Waals surface area contributed by atoms with Crippen LogP contribution in [0.5, 0.6) is 0 Å². The van der Waals surface area contributed by atoms with Crippen LogP contribution in [0.1, 0.15) is 18.3 Å². The summed E-state index contributed by atoms with van der Waals surface area (Å²) in [6, 6.07) is 10.3. The number of aromatic nitrogens is 2. The van der Waals surface area contributed by atoms with Crippen molar-refractivity contribution >= 4 is 12.1 Å². The molecule has 0 bridgehead atoms. The molecule has 1 aliphatic heterocycles. The number of nitrogens with one attached hydrogen (secondary N) is 1. The van der Waals surface area contributed by atoms with Crippen molar-refractivity contribution < 1.29 is 9.53 Å². The molecule has 1 fully saturated rings. The summed E-state index contributed by atoms with van der Waals surface area (Å²) in [5, 5.41) is 3.39. The number of hydrogen-bond donors (Lipinski definition) is 1. The molecule has 0 spiro atoms. The molecular formula is C20H28N6O2. The summed E-state index contributed by atoms with van der Waals surface area (Å²) < 4.78 is 7.21. The number of ether oxygens (including phenoxy) is 1. The monoisotopic (exact) mass is 384 g/mol. The van der Waals surface area contributed by atoms with E-state index < -0.39 is 0 Å². The van der Waals surface area contributed by atoms with Crippen LogP contribution in [0.3, 0.4) is 0 Å². The number of carbonyl (C=O) groups is 1. The van der Waals surface area contributed by atoms with E-state index in [4.69, 9.17) is 4.74 Å². The minimum Gasteiger partial charge on any atom is -0.450 e. The standard InChI is InChI=1S/C20H28N6O2/c1-3-28-20(27)25-13-11-24(12-14-25)19(21-2)23-15-18-22-9-10-26(18)16-17-7-5-4-6-8-17/h4-10H,3,11-16H2,1-2H3,(H,21,23). The zero-order valence-corrected chi connectivity index (χ0v) is 16.5. The van der Waals surface area contributed by atoms with Gasteiger partial charge in [-0.05, 0) is 12.5 Å². The largest absolute Gasteiger partial charge is 0.450 e. The maximum Gasteiger partial charge on any atom is 0.409 e.